The van der Waals surface area contributed by atoms with Crippen LogP contribution in [0.4, 0.5) is 5.69 Å². The zero-order chi connectivity index (χ0) is 23.3. The van der Waals surface area contributed by atoms with Crippen molar-refractivity contribution in [2.75, 3.05) is 24.2 Å². The number of likely N-dealkylation sites (N-methyl/N-ethyl adjacent to an activating group) is 1. The molecule has 0 bridgehead atoms. The molecule has 7 nitrogen and oxygen atoms in total. The molecule has 168 valence electrons. The van der Waals surface area contributed by atoms with Crippen LogP contribution in [-0.2, 0) is 26.2 Å². The van der Waals surface area contributed by atoms with E-state index in [1.54, 1.807) is 50.2 Å². The summed E-state index contributed by atoms with van der Waals surface area (Å²) in [6.07, 6.45) is 1.02. The van der Waals surface area contributed by atoms with Crippen molar-refractivity contribution in [1.82, 2.24) is 10.2 Å². The number of nitrogens with zero attached hydrogens (tertiary/aromatic N) is 2. The quantitative estimate of drug-likeness (QED) is 0.621. The molecule has 2 aromatic rings. The van der Waals surface area contributed by atoms with Crippen LogP contribution in [0.15, 0.2) is 42.5 Å². The first-order chi connectivity index (χ1) is 14.4. The summed E-state index contributed by atoms with van der Waals surface area (Å²) in [6.45, 7) is 2.91. The number of anilines is 1. The number of aryl methyl sites for hydroxylation is 1. The Labute approximate surface area is 193 Å². The number of sulfonamides is 1. The number of benzene rings is 2. The van der Waals surface area contributed by atoms with Gasteiger partial charge < -0.3 is 10.2 Å². The van der Waals surface area contributed by atoms with Crippen molar-refractivity contribution in [3.8, 4) is 0 Å². The van der Waals surface area contributed by atoms with Crippen LogP contribution in [0.25, 0.3) is 0 Å². The van der Waals surface area contributed by atoms with Crippen molar-refractivity contribution in [2.24, 2.45) is 0 Å². The van der Waals surface area contributed by atoms with Crippen molar-refractivity contribution in [2.45, 2.75) is 26.4 Å². The van der Waals surface area contributed by atoms with Crippen LogP contribution in [-0.4, -0.2) is 51.0 Å². The summed E-state index contributed by atoms with van der Waals surface area (Å²) in [5.74, 6) is -0.916. The second kappa shape index (κ2) is 10.3. The molecule has 1 N–H and O–H groups in total. The van der Waals surface area contributed by atoms with E-state index in [-0.39, 0.29) is 12.5 Å². The predicted octanol–water partition coefficient (Wildman–Crippen LogP) is 3.23. The Morgan fingerprint density at radius 1 is 1.10 bits per heavy atom. The van der Waals surface area contributed by atoms with Gasteiger partial charge in [0.25, 0.3) is 0 Å². The Hall–Kier alpha value is -2.29. The van der Waals surface area contributed by atoms with Crippen LogP contribution in [0.3, 0.4) is 0 Å². The van der Waals surface area contributed by atoms with Gasteiger partial charge in [-0.15, -0.1) is 0 Å². The number of hydrogen-bond acceptors (Lipinski definition) is 4. The van der Waals surface area contributed by atoms with Gasteiger partial charge in [0.2, 0.25) is 21.8 Å². The molecule has 0 aliphatic heterocycles. The molecule has 0 radical (unpaired) electrons. The van der Waals surface area contributed by atoms with E-state index in [9.17, 15) is 18.0 Å². The third kappa shape index (κ3) is 6.59. The molecular formula is C21H25Cl2N3O4S. The number of halogens is 2. The van der Waals surface area contributed by atoms with Gasteiger partial charge in [0.05, 0.1) is 11.9 Å². The van der Waals surface area contributed by atoms with Crippen molar-refractivity contribution in [3.63, 3.8) is 0 Å². The largest absolute Gasteiger partial charge is 0.357 e. The molecule has 2 rings (SSSR count). The molecule has 0 aliphatic rings. The number of carbonyl (C=O) groups is 2. The average molecular weight is 486 g/mol. The first kappa shape index (κ1) is 25.0. The normalized spacial score (nSPS) is 12.2. The third-order valence-corrected chi connectivity index (χ3v) is 6.37. The summed E-state index contributed by atoms with van der Waals surface area (Å²) in [5.41, 5.74) is 1.66. The Morgan fingerprint density at radius 2 is 1.74 bits per heavy atom. The van der Waals surface area contributed by atoms with Gasteiger partial charge in [0, 0.05) is 23.6 Å². The van der Waals surface area contributed by atoms with Crippen molar-refractivity contribution < 1.29 is 18.0 Å². The molecule has 2 aromatic carbocycles. The predicted molar refractivity (Wildman–Crippen MR) is 124 cm³/mol. The summed E-state index contributed by atoms with van der Waals surface area (Å²) >= 11 is 12.1. The molecule has 0 saturated heterocycles. The van der Waals surface area contributed by atoms with Gasteiger partial charge in [-0.25, -0.2) is 8.42 Å². The zero-order valence-electron chi connectivity index (χ0n) is 17.7. The van der Waals surface area contributed by atoms with Gasteiger partial charge in [0.1, 0.15) is 12.6 Å². The fourth-order valence-corrected chi connectivity index (χ4v) is 4.35. The second-order valence-electron chi connectivity index (χ2n) is 7.14. The van der Waals surface area contributed by atoms with Gasteiger partial charge in [-0.1, -0.05) is 41.4 Å². The lowest BCUT2D eigenvalue weighted by molar-refractivity contribution is -0.139. The lowest BCUT2D eigenvalue weighted by Gasteiger charge is -2.31. The molecule has 2 amide bonds. The average Bonchev–Trinajstić information content (AvgIpc) is 2.70. The first-order valence-corrected chi connectivity index (χ1v) is 12.0. The highest BCUT2D eigenvalue weighted by Crippen LogP contribution is 2.26. The highest BCUT2D eigenvalue weighted by atomic mass is 35.5. The Balaban J connectivity index is 2.43. The van der Waals surface area contributed by atoms with Crippen molar-refractivity contribution >= 4 is 50.7 Å². The van der Waals surface area contributed by atoms with E-state index in [0.29, 0.717) is 26.9 Å². The smallest absolute Gasteiger partial charge is 0.244 e. The van der Waals surface area contributed by atoms with E-state index in [4.69, 9.17) is 23.2 Å². The van der Waals surface area contributed by atoms with Gasteiger partial charge in [-0.05, 0) is 49.2 Å². The minimum Gasteiger partial charge on any atom is -0.357 e. The minimum atomic E-state index is -3.81. The Morgan fingerprint density at radius 3 is 2.32 bits per heavy atom. The molecule has 1 atom stereocenters. The Kier molecular flexibility index (Phi) is 8.34. The third-order valence-electron chi connectivity index (χ3n) is 4.77. The Bertz CT molecular complexity index is 1080. The lowest BCUT2D eigenvalue weighted by atomic mass is 10.1. The standard InChI is InChI=1S/C21H25Cl2N3O4S/c1-14-8-9-18(23)11-19(14)26(31(4,29)30)13-20(27)25(15(2)21(28)24-3)12-16-6-5-7-17(22)10-16/h5-11,15H,12-13H2,1-4H3,(H,24,28)/t15-/m1/s1. The summed E-state index contributed by atoms with van der Waals surface area (Å²) in [4.78, 5) is 26.9. The van der Waals surface area contributed by atoms with E-state index in [1.807, 2.05) is 0 Å². The first-order valence-electron chi connectivity index (χ1n) is 9.43. The molecule has 0 saturated carbocycles. The van der Waals surface area contributed by atoms with E-state index < -0.39 is 28.5 Å². The number of hydrogen-bond donors (Lipinski definition) is 1. The maximum Gasteiger partial charge on any atom is 0.244 e. The van der Waals surface area contributed by atoms with E-state index in [1.165, 1.54) is 18.0 Å². The van der Waals surface area contributed by atoms with Crippen LogP contribution in [0, 0.1) is 6.92 Å². The molecular weight excluding hydrogens is 461 g/mol. The zero-order valence-corrected chi connectivity index (χ0v) is 20.1. The minimum absolute atomic E-state index is 0.0834. The lowest BCUT2D eigenvalue weighted by Crippen LogP contribution is -2.50. The van der Waals surface area contributed by atoms with Crippen LogP contribution < -0.4 is 9.62 Å². The van der Waals surface area contributed by atoms with E-state index in [0.717, 1.165) is 10.6 Å². The van der Waals surface area contributed by atoms with Gasteiger partial charge in [-0.2, -0.15) is 0 Å². The van der Waals surface area contributed by atoms with Gasteiger partial charge in [-0.3, -0.25) is 13.9 Å². The highest BCUT2D eigenvalue weighted by Gasteiger charge is 2.30. The molecule has 0 fully saturated rings. The van der Waals surface area contributed by atoms with Gasteiger partial charge >= 0.3 is 0 Å². The van der Waals surface area contributed by atoms with Crippen LogP contribution in [0.5, 0.6) is 0 Å². The van der Waals surface area contributed by atoms with Crippen molar-refractivity contribution in [3.05, 3.63) is 63.6 Å². The SMILES string of the molecule is CNC(=O)[C@@H](C)N(Cc1cccc(Cl)c1)C(=O)CN(c1cc(Cl)ccc1C)S(C)(=O)=O. The molecule has 10 heteroatoms. The molecule has 31 heavy (non-hydrogen) atoms. The number of amides is 2. The van der Waals surface area contributed by atoms with Crippen LogP contribution >= 0.6 is 23.2 Å². The van der Waals surface area contributed by atoms with Crippen molar-refractivity contribution in [1.29, 1.82) is 0 Å². The molecule has 0 spiro atoms. The number of carbonyl (C=O) groups excluding carboxylic acids is 2. The highest BCUT2D eigenvalue weighted by molar-refractivity contribution is 7.92. The molecule has 0 unspecified atom stereocenters. The molecule has 0 aliphatic carbocycles. The summed E-state index contributed by atoms with van der Waals surface area (Å²) in [6, 6.07) is 10.9. The van der Waals surface area contributed by atoms with E-state index >= 15 is 0 Å². The fraction of sp³-hybridized carbons (Fsp3) is 0.333. The summed E-state index contributed by atoms with van der Waals surface area (Å²) < 4.78 is 26.1. The topological polar surface area (TPSA) is 86.8 Å². The fourth-order valence-electron chi connectivity index (χ4n) is 3.07. The molecule has 0 aromatic heterocycles. The maximum atomic E-state index is 13.3. The second-order valence-corrected chi connectivity index (χ2v) is 9.92. The molecule has 0 heterocycles. The summed E-state index contributed by atoms with van der Waals surface area (Å²) in [7, 11) is -2.34. The van der Waals surface area contributed by atoms with Crippen LogP contribution in [0.1, 0.15) is 18.1 Å². The number of nitrogens with one attached hydrogen (secondary N) is 1. The monoisotopic (exact) mass is 485 g/mol. The summed E-state index contributed by atoms with van der Waals surface area (Å²) in [5, 5.41) is 3.36. The van der Waals surface area contributed by atoms with Gasteiger partial charge in [0.15, 0.2) is 0 Å². The number of rotatable bonds is 8. The maximum absolute atomic E-state index is 13.3. The van der Waals surface area contributed by atoms with E-state index in [2.05, 4.69) is 5.32 Å². The van der Waals surface area contributed by atoms with Crippen LogP contribution in [0.2, 0.25) is 10.0 Å².